The van der Waals surface area contributed by atoms with Gasteiger partial charge in [0.2, 0.25) is 0 Å². The van der Waals surface area contributed by atoms with E-state index in [-0.39, 0.29) is 24.5 Å². The Hall–Kier alpha value is -3.63. The minimum atomic E-state index is -0.622. The second kappa shape index (κ2) is 11.1. The van der Waals surface area contributed by atoms with Gasteiger partial charge in [-0.3, -0.25) is 0 Å². The highest BCUT2D eigenvalue weighted by atomic mass is 32.2. The average Bonchev–Trinajstić information content (AvgIpc) is 3.09. The molecule has 0 radical (unpaired) electrons. The van der Waals surface area contributed by atoms with Crippen molar-refractivity contribution < 1.29 is 24.1 Å². The van der Waals surface area contributed by atoms with E-state index in [0.717, 1.165) is 5.56 Å². The van der Waals surface area contributed by atoms with Crippen LogP contribution in [0.3, 0.4) is 0 Å². The third-order valence-corrected chi connectivity index (χ3v) is 5.25. The van der Waals surface area contributed by atoms with Crippen molar-refractivity contribution in [1.82, 2.24) is 0 Å². The maximum absolute atomic E-state index is 12.5. The first kappa shape index (κ1) is 23.0. The van der Waals surface area contributed by atoms with Crippen molar-refractivity contribution >= 4 is 34.5 Å². The topological polar surface area (TPSA) is 77.4 Å². The number of aliphatic imine (C=N–C) groups is 1. The van der Waals surface area contributed by atoms with Gasteiger partial charge >= 0.3 is 5.97 Å². The van der Waals surface area contributed by atoms with E-state index in [1.54, 1.807) is 25.1 Å². The number of ether oxygens (including phenoxy) is 3. The molecule has 2 aromatic carbocycles. The van der Waals surface area contributed by atoms with Crippen LogP contribution >= 0.6 is 11.8 Å². The van der Waals surface area contributed by atoms with Crippen molar-refractivity contribution in [3.8, 4) is 23.8 Å². The molecule has 1 aliphatic rings. The zero-order valence-electron chi connectivity index (χ0n) is 17.8. The summed E-state index contributed by atoms with van der Waals surface area (Å²) in [6, 6.07) is 14.6. The molecule has 1 heterocycles. The molecule has 0 saturated heterocycles. The third kappa shape index (κ3) is 5.54. The number of aliphatic hydroxyl groups excluding tert-OH is 1. The highest BCUT2D eigenvalue weighted by Crippen LogP contribution is 2.41. The van der Waals surface area contributed by atoms with Crippen molar-refractivity contribution in [2.45, 2.75) is 13.8 Å². The number of esters is 1. The number of aliphatic hydroxyl groups is 1. The number of nitrogens with zero attached hydrogens (tertiary/aromatic N) is 1. The second-order valence-corrected chi connectivity index (χ2v) is 7.47. The zero-order valence-corrected chi connectivity index (χ0v) is 18.6. The lowest BCUT2D eigenvalue weighted by atomic mass is 10.1. The number of benzene rings is 2. The lowest BCUT2D eigenvalue weighted by molar-refractivity contribution is -0.138. The van der Waals surface area contributed by atoms with Gasteiger partial charge in [0.25, 0.3) is 0 Å². The fraction of sp³-hybridized carbons (Fsp3) is 0.200. The van der Waals surface area contributed by atoms with Gasteiger partial charge in [0.1, 0.15) is 23.0 Å². The number of hydrogen-bond donors (Lipinski definition) is 1. The van der Waals surface area contributed by atoms with Crippen LogP contribution in [0.2, 0.25) is 0 Å². The van der Waals surface area contributed by atoms with Gasteiger partial charge in [-0.1, -0.05) is 41.9 Å². The molecule has 32 heavy (non-hydrogen) atoms. The molecule has 0 atom stereocenters. The van der Waals surface area contributed by atoms with Gasteiger partial charge in [0, 0.05) is 0 Å². The molecule has 6 nitrogen and oxygen atoms in total. The van der Waals surface area contributed by atoms with E-state index in [0.29, 0.717) is 33.7 Å². The van der Waals surface area contributed by atoms with Crippen molar-refractivity contribution in [2.24, 2.45) is 4.99 Å². The first-order valence-corrected chi connectivity index (χ1v) is 10.9. The summed E-state index contributed by atoms with van der Waals surface area (Å²) >= 11 is 1.20. The lowest BCUT2D eigenvalue weighted by Crippen LogP contribution is -2.12. The van der Waals surface area contributed by atoms with Crippen LogP contribution in [0.5, 0.6) is 11.5 Å². The predicted molar refractivity (Wildman–Crippen MR) is 127 cm³/mol. The predicted octanol–water partition coefficient (Wildman–Crippen LogP) is 5.29. The van der Waals surface area contributed by atoms with E-state index in [1.807, 2.05) is 43.3 Å². The van der Waals surface area contributed by atoms with E-state index in [2.05, 4.69) is 10.9 Å². The molecule has 0 saturated carbocycles. The Morgan fingerprint density at radius 1 is 1.12 bits per heavy atom. The van der Waals surface area contributed by atoms with Gasteiger partial charge < -0.3 is 19.3 Å². The van der Waals surface area contributed by atoms with Gasteiger partial charge in [-0.15, -0.1) is 6.42 Å². The maximum Gasteiger partial charge on any atom is 0.344 e. The zero-order chi connectivity index (χ0) is 22.9. The molecule has 0 aliphatic carbocycles. The summed E-state index contributed by atoms with van der Waals surface area (Å²) in [4.78, 5) is 17.5. The van der Waals surface area contributed by atoms with Crippen molar-refractivity contribution in [2.75, 3.05) is 19.8 Å². The van der Waals surface area contributed by atoms with Crippen LogP contribution in [0.15, 0.2) is 69.8 Å². The first-order valence-electron chi connectivity index (χ1n) is 10.0. The summed E-state index contributed by atoms with van der Waals surface area (Å²) in [5, 5.41) is 11.2. The fourth-order valence-corrected chi connectivity index (χ4v) is 3.92. The van der Waals surface area contributed by atoms with E-state index in [9.17, 15) is 9.90 Å². The molecule has 0 unspecified atom stereocenters. The van der Waals surface area contributed by atoms with Gasteiger partial charge in [-0.2, -0.15) is 0 Å². The summed E-state index contributed by atoms with van der Waals surface area (Å²) in [6.07, 6.45) is 7.02. The standard InChI is InChI=1S/C25H23NO5S/c1-4-14-31-19-13-12-17(15-20(19)29-5-2)16-21-23(27)22(25(28)30-6-3)24(32-21)26-18-10-8-7-9-11-18/h1,7-13,15-16,27H,5-6,14H2,2-3H3/b21-16-,26-24?. The Balaban J connectivity index is 2.00. The van der Waals surface area contributed by atoms with E-state index < -0.39 is 5.97 Å². The van der Waals surface area contributed by atoms with Crippen LogP contribution in [-0.2, 0) is 9.53 Å². The van der Waals surface area contributed by atoms with Gasteiger partial charge in [-0.25, -0.2) is 9.79 Å². The van der Waals surface area contributed by atoms with Crippen LogP contribution in [0, 0.1) is 12.3 Å². The SMILES string of the molecule is C#CCOc1ccc(/C=C2\SC(=Nc3ccccc3)C(C(=O)OCC)=C2O)cc1OCC. The molecular weight excluding hydrogens is 426 g/mol. The lowest BCUT2D eigenvalue weighted by Gasteiger charge is -2.11. The molecule has 0 fully saturated rings. The van der Waals surface area contributed by atoms with Gasteiger partial charge in [0.15, 0.2) is 11.5 Å². The normalized spacial score (nSPS) is 15.7. The Labute approximate surface area is 191 Å². The largest absolute Gasteiger partial charge is 0.506 e. The quantitative estimate of drug-likeness (QED) is 0.436. The molecule has 1 aliphatic heterocycles. The summed E-state index contributed by atoms with van der Waals surface area (Å²) in [5.74, 6) is 2.70. The third-order valence-electron chi connectivity index (χ3n) is 4.23. The number of para-hydroxylation sites is 1. The number of carbonyl (C=O) groups is 1. The molecule has 0 aromatic heterocycles. The maximum atomic E-state index is 12.5. The van der Waals surface area contributed by atoms with E-state index >= 15 is 0 Å². The molecule has 1 N–H and O–H groups in total. The van der Waals surface area contributed by atoms with Crippen molar-refractivity contribution in [3.63, 3.8) is 0 Å². The first-order chi connectivity index (χ1) is 15.6. The molecule has 0 amide bonds. The minimum absolute atomic E-state index is 0.0472. The fourth-order valence-electron chi connectivity index (χ4n) is 2.88. The van der Waals surface area contributed by atoms with Crippen LogP contribution in [0.1, 0.15) is 19.4 Å². The van der Waals surface area contributed by atoms with Crippen molar-refractivity contribution in [3.05, 3.63) is 70.3 Å². The minimum Gasteiger partial charge on any atom is -0.506 e. The Bertz CT molecular complexity index is 1110. The van der Waals surface area contributed by atoms with Crippen LogP contribution in [0.4, 0.5) is 5.69 Å². The molecule has 0 bridgehead atoms. The Kier molecular flexibility index (Phi) is 8.01. The van der Waals surface area contributed by atoms with Crippen LogP contribution in [-0.4, -0.2) is 35.9 Å². The average molecular weight is 450 g/mol. The van der Waals surface area contributed by atoms with Gasteiger partial charge in [0.05, 0.1) is 23.8 Å². The van der Waals surface area contributed by atoms with E-state index in [1.165, 1.54) is 11.8 Å². The molecule has 2 aromatic rings. The van der Waals surface area contributed by atoms with Crippen LogP contribution < -0.4 is 9.47 Å². The second-order valence-electron chi connectivity index (χ2n) is 6.44. The monoisotopic (exact) mass is 449 g/mol. The summed E-state index contributed by atoms with van der Waals surface area (Å²) in [6.45, 7) is 4.35. The van der Waals surface area contributed by atoms with E-state index in [4.69, 9.17) is 20.6 Å². The molecule has 3 rings (SSSR count). The summed E-state index contributed by atoms with van der Waals surface area (Å²) in [7, 11) is 0. The number of thioether (sulfide) groups is 1. The molecule has 164 valence electrons. The Morgan fingerprint density at radius 2 is 1.91 bits per heavy atom. The smallest absolute Gasteiger partial charge is 0.344 e. The number of carbonyl (C=O) groups excluding carboxylic acids is 1. The highest BCUT2D eigenvalue weighted by molar-refractivity contribution is 8.18. The Morgan fingerprint density at radius 3 is 2.59 bits per heavy atom. The van der Waals surface area contributed by atoms with Gasteiger partial charge in [-0.05, 0) is 49.8 Å². The van der Waals surface area contributed by atoms with Crippen molar-refractivity contribution in [1.29, 1.82) is 0 Å². The molecule has 0 spiro atoms. The number of rotatable bonds is 8. The number of terminal acetylenes is 1. The molecule has 7 heteroatoms. The highest BCUT2D eigenvalue weighted by Gasteiger charge is 2.33. The van der Waals surface area contributed by atoms with Crippen LogP contribution in [0.25, 0.3) is 6.08 Å². The summed E-state index contributed by atoms with van der Waals surface area (Å²) in [5.41, 5.74) is 1.46. The number of hydrogen-bond acceptors (Lipinski definition) is 7. The summed E-state index contributed by atoms with van der Waals surface area (Å²) < 4.78 is 16.3. The molecular formula is C25H23NO5S.